The van der Waals surface area contributed by atoms with Crippen LogP contribution < -0.4 is 13.1 Å². The second-order valence-electron chi connectivity index (χ2n) is 8.41. The van der Waals surface area contributed by atoms with E-state index < -0.39 is 18.4 Å². The molecule has 0 saturated carbocycles. The molecule has 2 rings (SSSR count). The molecule has 2 aromatic carbocycles. The van der Waals surface area contributed by atoms with Crippen molar-refractivity contribution in [2.45, 2.75) is 72.6 Å². The molecule has 0 bridgehead atoms. The van der Waals surface area contributed by atoms with E-state index >= 15 is 4.39 Å². The maximum atomic E-state index is 15.3. The van der Waals surface area contributed by atoms with Gasteiger partial charge in [0.15, 0.2) is 0 Å². The standard InChI is InChI=1S/C14H11ClFO2.3C4H9.Sn/c1-17-12-5-3-4-11(16)14(12)9-6-7-10(15)13(8-9)18-2;3*1-3-4-2;/h3-7H,1-2H3;3*1,3-4H2,2H3;. The van der Waals surface area contributed by atoms with Gasteiger partial charge in [0.05, 0.1) is 0 Å². The van der Waals surface area contributed by atoms with Crippen LogP contribution in [0, 0.1) is 5.82 Å². The first-order valence-corrected chi connectivity index (χ1v) is 19.5. The van der Waals surface area contributed by atoms with Gasteiger partial charge in [-0.1, -0.05) is 0 Å². The third kappa shape index (κ3) is 6.10. The normalized spacial score (nSPS) is 11.6. The SMILES string of the molecule is CCC[CH2][Sn]([CH2]CCC)([CH2]CCC)[c]1c(-c2c(F)cccc2OC)ccc(Cl)c1OC. The first-order chi connectivity index (χ1) is 15.0. The second kappa shape index (κ2) is 12.9. The van der Waals surface area contributed by atoms with Gasteiger partial charge in [0.2, 0.25) is 0 Å². The molecule has 0 aliphatic carbocycles. The van der Waals surface area contributed by atoms with E-state index in [9.17, 15) is 0 Å². The Balaban J connectivity index is 2.90. The minimum absolute atomic E-state index is 0.258. The molecule has 0 amide bonds. The average molecular weight is 556 g/mol. The van der Waals surface area contributed by atoms with Crippen LogP contribution in [0.15, 0.2) is 30.3 Å². The Morgan fingerprint density at radius 2 is 1.42 bits per heavy atom. The number of benzene rings is 2. The summed E-state index contributed by atoms with van der Waals surface area (Å²) in [4.78, 5) is 0. The molecule has 0 spiro atoms. The van der Waals surface area contributed by atoms with Gasteiger partial charge < -0.3 is 0 Å². The number of halogens is 2. The van der Waals surface area contributed by atoms with Crippen LogP contribution in [-0.4, -0.2) is 32.6 Å². The first kappa shape index (κ1) is 26.3. The third-order valence-electron chi connectivity index (χ3n) is 6.34. The zero-order valence-corrected chi connectivity index (χ0v) is 23.4. The fourth-order valence-corrected chi connectivity index (χ4v) is 22.6. The van der Waals surface area contributed by atoms with Crippen LogP contribution in [0.1, 0.15) is 59.3 Å². The quantitative estimate of drug-likeness (QED) is 0.232. The summed E-state index contributed by atoms with van der Waals surface area (Å²) in [5, 5.41) is 0.627. The molecule has 2 nitrogen and oxygen atoms in total. The van der Waals surface area contributed by atoms with Crippen molar-refractivity contribution in [2.75, 3.05) is 14.2 Å². The number of ether oxygens (including phenoxy) is 2. The molecule has 0 aliphatic rings. The number of hydrogen-bond donors (Lipinski definition) is 0. The first-order valence-electron chi connectivity index (χ1n) is 11.7. The van der Waals surface area contributed by atoms with Gasteiger partial charge in [0.25, 0.3) is 0 Å². The summed E-state index contributed by atoms with van der Waals surface area (Å²) >= 11 is 3.66. The molecular weight excluding hydrogens is 517 g/mol. The van der Waals surface area contributed by atoms with Crippen molar-refractivity contribution >= 4 is 33.6 Å². The number of unbranched alkanes of at least 4 members (excludes halogenated alkanes) is 3. The Kier molecular flexibility index (Phi) is 11.0. The fourth-order valence-electron chi connectivity index (χ4n) is 4.72. The molecule has 2 aromatic rings. The Bertz CT molecular complexity index is 819. The van der Waals surface area contributed by atoms with E-state index in [1.54, 1.807) is 20.3 Å². The van der Waals surface area contributed by atoms with Crippen LogP contribution in [-0.2, 0) is 0 Å². The van der Waals surface area contributed by atoms with Crippen molar-refractivity contribution in [3.8, 4) is 22.6 Å². The zero-order chi connectivity index (χ0) is 22.9. The van der Waals surface area contributed by atoms with Crippen LogP contribution in [0.5, 0.6) is 11.5 Å². The van der Waals surface area contributed by atoms with Crippen LogP contribution in [0.2, 0.25) is 18.3 Å². The van der Waals surface area contributed by atoms with Crippen LogP contribution in [0.4, 0.5) is 4.39 Å². The Morgan fingerprint density at radius 1 is 0.839 bits per heavy atom. The van der Waals surface area contributed by atoms with Crippen molar-refractivity contribution < 1.29 is 13.9 Å². The minimum atomic E-state index is -3.03. The molecule has 0 saturated heterocycles. The van der Waals surface area contributed by atoms with Gasteiger partial charge in [-0.15, -0.1) is 0 Å². The van der Waals surface area contributed by atoms with Gasteiger partial charge in [-0.05, 0) is 0 Å². The summed E-state index contributed by atoms with van der Waals surface area (Å²) in [6.07, 6.45) is 7.10. The van der Waals surface area contributed by atoms with Gasteiger partial charge in [-0.3, -0.25) is 0 Å². The molecule has 0 heterocycles. The number of rotatable bonds is 13. The van der Waals surface area contributed by atoms with Crippen molar-refractivity contribution in [3.63, 3.8) is 0 Å². The summed E-state index contributed by atoms with van der Waals surface area (Å²) in [6.45, 7) is 6.77. The molecule has 5 heteroatoms. The predicted octanol–water partition coefficient (Wildman–Crippen LogP) is 8.22. The van der Waals surface area contributed by atoms with E-state index in [0.717, 1.165) is 30.6 Å². The number of methoxy groups -OCH3 is 2. The Hall–Kier alpha value is -0.941. The summed E-state index contributed by atoms with van der Waals surface area (Å²) in [5.74, 6) is 1.07. The average Bonchev–Trinajstić information content (AvgIpc) is 2.79. The van der Waals surface area contributed by atoms with Gasteiger partial charge in [-0.2, -0.15) is 0 Å². The molecule has 0 fully saturated rings. The van der Waals surface area contributed by atoms with E-state index in [1.807, 2.05) is 18.2 Å². The van der Waals surface area contributed by atoms with E-state index in [4.69, 9.17) is 21.1 Å². The molecular formula is C26H38ClFO2Sn. The van der Waals surface area contributed by atoms with Gasteiger partial charge in [0.1, 0.15) is 0 Å². The third-order valence-corrected chi connectivity index (χ3v) is 22.3. The van der Waals surface area contributed by atoms with Gasteiger partial charge >= 0.3 is 198 Å². The van der Waals surface area contributed by atoms with Crippen LogP contribution in [0.3, 0.4) is 0 Å². The van der Waals surface area contributed by atoms with Crippen LogP contribution in [0.25, 0.3) is 11.1 Å². The van der Waals surface area contributed by atoms with E-state index in [-0.39, 0.29) is 5.82 Å². The van der Waals surface area contributed by atoms with Crippen molar-refractivity contribution in [1.29, 1.82) is 0 Å². The summed E-state index contributed by atoms with van der Waals surface area (Å²) < 4.78 is 31.8. The zero-order valence-electron chi connectivity index (χ0n) is 19.8. The predicted molar refractivity (Wildman–Crippen MR) is 134 cm³/mol. The molecule has 0 atom stereocenters. The molecule has 0 aliphatic heterocycles. The summed E-state index contributed by atoms with van der Waals surface area (Å²) in [5.41, 5.74) is 1.47. The van der Waals surface area contributed by atoms with Crippen molar-refractivity contribution in [2.24, 2.45) is 0 Å². The maximum absolute atomic E-state index is 15.3. The van der Waals surface area contributed by atoms with E-state index in [0.29, 0.717) is 16.3 Å². The molecule has 0 aromatic heterocycles. The summed E-state index contributed by atoms with van der Waals surface area (Å²) in [7, 11) is 3.30. The molecule has 0 unspecified atom stereocenters. The number of hydrogen-bond acceptors (Lipinski definition) is 2. The second-order valence-corrected chi connectivity index (χ2v) is 21.8. The molecule has 0 N–H and O–H groups in total. The van der Waals surface area contributed by atoms with E-state index in [2.05, 4.69) is 20.8 Å². The van der Waals surface area contributed by atoms with E-state index in [1.165, 1.54) is 42.2 Å². The molecule has 0 radical (unpaired) electrons. The van der Waals surface area contributed by atoms with Gasteiger partial charge in [-0.25, -0.2) is 0 Å². The van der Waals surface area contributed by atoms with Gasteiger partial charge in [0, 0.05) is 0 Å². The molecule has 172 valence electrons. The topological polar surface area (TPSA) is 18.5 Å². The Labute approximate surface area is 197 Å². The van der Waals surface area contributed by atoms with Crippen molar-refractivity contribution in [3.05, 3.63) is 41.2 Å². The molecule has 31 heavy (non-hydrogen) atoms. The Morgan fingerprint density at radius 3 is 1.90 bits per heavy atom. The fraction of sp³-hybridized carbons (Fsp3) is 0.538. The van der Waals surface area contributed by atoms with Crippen molar-refractivity contribution in [1.82, 2.24) is 0 Å². The monoisotopic (exact) mass is 556 g/mol. The van der Waals surface area contributed by atoms with Crippen LogP contribution >= 0.6 is 11.6 Å². The summed E-state index contributed by atoms with van der Waals surface area (Å²) in [6, 6.07) is 8.90.